The van der Waals surface area contributed by atoms with Gasteiger partial charge in [-0.3, -0.25) is 14.4 Å². The number of benzene rings is 6. The van der Waals surface area contributed by atoms with Gasteiger partial charge in [-0.2, -0.15) is 0 Å². The van der Waals surface area contributed by atoms with Crippen molar-refractivity contribution < 1.29 is 13.2 Å². The lowest BCUT2D eigenvalue weighted by Gasteiger charge is -2.46. The maximum atomic E-state index is 14.8. The first-order valence-electron chi connectivity index (χ1n) is 15.2. The van der Waals surface area contributed by atoms with Gasteiger partial charge in [0.1, 0.15) is 6.17 Å². The predicted octanol–water partition coefficient (Wildman–Crippen LogP) is 8.62. The standard InChI is InChI=1S/C39H33N3O3S/c1-27-15-19-31(20-16-27)40-46(44,45)33-23-24-37-36(25-33)39(43)42(32-21-17-28(2)18-22-32)38(41(37)26-29-9-4-3-5-10-29)35-14-8-12-30-11-6-7-13-34(30)35/h3-25,38,40H,26H2,1-2H3/t38-/m1/s1. The van der Waals surface area contributed by atoms with Crippen LogP contribution in [0.5, 0.6) is 0 Å². The van der Waals surface area contributed by atoms with Crippen LogP contribution in [0.2, 0.25) is 0 Å². The molecule has 0 spiro atoms. The van der Waals surface area contributed by atoms with E-state index in [1.807, 2.05) is 86.6 Å². The summed E-state index contributed by atoms with van der Waals surface area (Å²) in [5.74, 6) is -0.270. The zero-order chi connectivity index (χ0) is 31.8. The van der Waals surface area contributed by atoms with Gasteiger partial charge >= 0.3 is 0 Å². The van der Waals surface area contributed by atoms with Crippen LogP contribution in [0, 0.1) is 13.8 Å². The van der Waals surface area contributed by atoms with Gasteiger partial charge in [-0.05, 0) is 72.6 Å². The Labute approximate surface area is 269 Å². The average molecular weight is 624 g/mol. The van der Waals surface area contributed by atoms with Crippen LogP contribution in [-0.2, 0) is 16.6 Å². The molecule has 0 radical (unpaired) electrons. The highest BCUT2D eigenvalue weighted by Crippen LogP contribution is 2.44. The molecule has 0 saturated heterocycles. The molecule has 1 N–H and O–H groups in total. The van der Waals surface area contributed by atoms with Crippen LogP contribution in [-0.4, -0.2) is 14.3 Å². The SMILES string of the molecule is Cc1ccc(NS(=O)(=O)c2ccc3c(c2)C(=O)N(c2ccc(C)cc2)[C@H](c2cccc4ccccc24)N3Cc2ccccc2)cc1. The minimum absolute atomic E-state index is 0.0207. The van der Waals surface area contributed by atoms with E-state index < -0.39 is 16.2 Å². The summed E-state index contributed by atoms with van der Waals surface area (Å²) in [5.41, 5.74) is 6.32. The van der Waals surface area contributed by atoms with Crippen LogP contribution in [0.25, 0.3) is 10.8 Å². The van der Waals surface area contributed by atoms with Crippen LogP contribution >= 0.6 is 0 Å². The number of anilines is 3. The van der Waals surface area contributed by atoms with Crippen LogP contribution in [0.3, 0.4) is 0 Å². The van der Waals surface area contributed by atoms with Crippen LogP contribution in [0.4, 0.5) is 17.1 Å². The fourth-order valence-electron chi connectivity index (χ4n) is 6.15. The van der Waals surface area contributed by atoms with Gasteiger partial charge in [0, 0.05) is 23.5 Å². The first-order valence-corrected chi connectivity index (χ1v) is 16.7. The van der Waals surface area contributed by atoms with E-state index >= 15 is 0 Å². The van der Waals surface area contributed by atoms with Crippen molar-refractivity contribution in [1.29, 1.82) is 0 Å². The van der Waals surface area contributed by atoms with Gasteiger partial charge in [-0.25, -0.2) is 8.42 Å². The molecule has 6 nitrogen and oxygen atoms in total. The third-order valence-electron chi connectivity index (χ3n) is 8.49. The monoisotopic (exact) mass is 623 g/mol. The number of nitrogens with zero attached hydrogens (tertiary/aromatic N) is 2. The molecule has 1 heterocycles. The van der Waals surface area contributed by atoms with Crippen LogP contribution < -0.4 is 14.5 Å². The second-order valence-electron chi connectivity index (χ2n) is 11.7. The quantitative estimate of drug-likeness (QED) is 0.193. The molecule has 1 aliphatic heterocycles. The minimum Gasteiger partial charge on any atom is -0.342 e. The lowest BCUT2D eigenvalue weighted by molar-refractivity contribution is 0.0968. The molecule has 6 aromatic rings. The molecule has 46 heavy (non-hydrogen) atoms. The number of sulfonamides is 1. The van der Waals surface area contributed by atoms with E-state index in [9.17, 15) is 13.2 Å². The van der Waals surface area contributed by atoms with Gasteiger partial charge < -0.3 is 4.90 Å². The van der Waals surface area contributed by atoms with Gasteiger partial charge in [0.15, 0.2) is 0 Å². The molecule has 0 bridgehead atoms. The molecule has 0 fully saturated rings. The zero-order valence-electron chi connectivity index (χ0n) is 25.6. The number of hydrogen-bond acceptors (Lipinski definition) is 4. The van der Waals surface area contributed by atoms with Crippen molar-refractivity contribution in [2.45, 2.75) is 31.5 Å². The van der Waals surface area contributed by atoms with Gasteiger partial charge in [0.05, 0.1) is 16.1 Å². The Hall–Kier alpha value is -5.40. The fourth-order valence-corrected chi connectivity index (χ4v) is 7.23. The number of carbonyl (C=O) groups is 1. The highest BCUT2D eigenvalue weighted by Gasteiger charge is 2.41. The van der Waals surface area contributed by atoms with E-state index in [0.29, 0.717) is 23.5 Å². The van der Waals surface area contributed by atoms with Crippen molar-refractivity contribution in [3.8, 4) is 0 Å². The van der Waals surface area contributed by atoms with Gasteiger partial charge in [-0.1, -0.05) is 108 Å². The summed E-state index contributed by atoms with van der Waals surface area (Å²) in [5, 5.41) is 2.12. The Morgan fingerprint density at radius 2 is 1.35 bits per heavy atom. The molecule has 1 amide bonds. The largest absolute Gasteiger partial charge is 0.342 e. The van der Waals surface area contributed by atoms with E-state index in [0.717, 1.165) is 38.7 Å². The number of carbonyl (C=O) groups excluding carboxylic acids is 1. The summed E-state index contributed by atoms with van der Waals surface area (Å²) >= 11 is 0. The first-order chi connectivity index (χ1) is 22.3. The van der Waals surface area contributed by atoms with Crippen molar-refractivity contribution >= 4 is 43.8 Å². The van der Waals surface area contributed by atoms with E-state index in [-0.39, 0.29) is 10.8 Å². The molecule has 1 aliphatic rings. The first kappa shape index (κ1) is 29.3. The smallest absolute Gasteiger partial charge is 0.262 e. The molecule has 7 rings (SSSR count). The summed E-state index contributed by atoms with van der Waals surface area (Å²) in [6.45, 7) is 4.45. The van der Waals surface area contributed by atoms with E-state index in [1.165, 1.54) is 6.07 Å². The molecule has 0 aliphatic carbocycles. The number of fused-ring (bicyclic) bond motifs is 2. The van der Waals surface area contributed by atoms with Gasteiger partial charge in [-0.15, -0.1) is 0 Å². The Bertz CT molecular complexity index is 2160. The highest BCUT2D eigenvalue weighted by molar-refractivity contribution is 7.92. The van der Waals surface area contributed by atoms with Crippen molar-refractivity contribution in [3.05, 3.63) is 167 Å². The average Bonchev–Trinajstić information content (AvgIpc) is 3.07. The molecule has 0 aromatic heterocycles. The predicted molar refractivity (Wildman–Crippen MR) is 186 cm³/mol. The number of hydrogen-bond donors (Lipinski definition) is 1. The Morgan fingerprint density at radius 3 is 2.09 bits per heavy atom. The minimum atomic E-state index is -3.98. The lowest BCUT2D eigenvalue weighted by Crippen LogP contribution is -2.49. The molecular formula is C39H33N3O3S. The van der Waals surface area contributed by atoms with E-state index in [4.69, 9.17) is 0 Å². The van der Waals surface area contributed by atoms with E-state index in [1.54, 1.807) is 29.2 Å². The summed E-state index contributed by atoms with van der Waals surface area (Å²) in [6, 6.07) is 44.4. The summed E-state index contributed by atoms with van der Waals surface area (Å²) in [7, 11) is -3.98. The number of rotatable bonds is 7. The second-order valence-corrected chi connectivity index (χ2v) is 13.4. The van der Waals surface area contributed by atoms with Crippen LogP contribution in [0.1, 0.15) is 38.8 Å². The normalized spacial score (nSPS) is 14.7. The maximum Gasteiger partial charge on any atom is 0.262 e. The Balaban J connectivity index is 1.43. The molecule has 228 valence electrons. The molecule has 7 heteroatoms. The molecule has 6 aromatic carbocycles. The van der Waals surface area contributed by atoms with Crippen molar-refractivity contribution in [3.63, 3.8) is 0 Å². The lowest BCUT2D eigenvalue weighted by atomic mass is 9.95. The molecule has 1 atom stereocenters. The maximum absolute atomic E-state index is 14.8. The third-order valence-corrected chi connectivity index (χ3v) is 9.87. The van der Waals surface area contributed by atoms with Crippen LogP contribution in [0.15, 0.2) is 144 Å². The number of nitrogens with one attached hydrogen (secondary N) is 1. The van der Waals surface area contributed by atoms with Crippen molar-refractivity contribution in [2.24, 2.45) is 0 Å². The molecule has 0 saturated carbocycles. The van der Waals surface area contributed by atoms with Gasteiger partial charge in [0.2, 0.25) is 0 Å². The number of aryl methyl sites for hydroxylation is 2. The summed E-state index contributed by atoms with van der Waals surface area (Å²) in [6.07, 6.45) is -0.512. The number of amides is 1. The Morgan fingerprint density at radius 1 is 0.696 bits per heavy atom. The highest BCUT2D eigenvalue weighted by atomic mass is 32.2. The summed E-state index contributed by atoms with van der Waals surface area (Å²) in [4.78, 5) is 18.8. The Kier molecular flexibility index (Phi) is 7.54. The second kappa shape index (κ2) is 11.8. The van der Waals surface area contributed by atoms with Gasteiger partial charge in [0.25, 0.3) is 15.9 Å². The molecule has 0 unspecified atom stereocenters. The zero-order valence-corrected chi connectivity index (χ0v) is 26.4. The molecular weight excluding hydrogens is 591 g/mol. The summed E-state index contributed by atoms with van der Waals surface area (Å²) < 4.78 is 29.9. The fraction of sp³-hybridized carbons (Fsp3) is 0.103. The third kappa shape index (κ3) is 5.50. The van der Waals surface area contributed by atoms with E-state index in [2.05, 4.69) is 46.0 Å². The van der Waals surface area contributed by atoms with Crippen molar-refractivity contribution in [2.75, 3.05) is 14.5 Å². The van der Waals surface area contributed by atoms with Crippen molar-refractivity contribution in [1.82, 2.24) is 0 Å². The topological polar surface area (TPSA) is 69.7 Å².